The first-order valence-electron chi connectivity index (χ1n) is 3.90. The third-order valence-corrected chi connectivity index (χ3v) is 2.64. The van der Waals surface area contributed by atoms with E-state index < -0.39 is 17.6 Å². The maximum absolute atomic E-state index is 13.5. The average molecular weight is 258 g/mol. The summed E-state index contributed by atoms with van der Waals surface area (Å²) in [6.07, 6.45) is -0.0909. The lowest BCUT2D eigenvalue weighted by Crippen LogP contribution is -2.37. The molecular formula is C9H5BrFNO2. The number of rotatable bonds is 0. The van der Waals surface area contributed by atoms with Crippen LogP contribution in [0.5, 0.6) is 0 Å². The highest BCUT2D eigenvalue weighted by atomic mass is 79.9. The number of fused-ring (bicyclic) bond motifs is 1. The predicted molar refractivity (Wildman–Crippen MR) is 50.3 cm³/mol. The largest absolute Gasteiger partial charge is 0.292 e. The van der Waals surface area contributed by atoms with Crippen LogP contribution in [0.15, 0.2) is 16.6 Å². The summed E-state index contributed by atoms with van der Waals surface area (Å²) in [7, 11) is 0. The lowest BCUT2D eigenvalue weighted by molar-refractivity contribution is -0.119. The summed E-state index contributed by atoms with van der Waals surface area (Å²) in [4.78, 5) is 22.2. The van der Waals surface area contributed by atoms with E-state index in [-0.39, 0.29) is 22.0 Å². The quantitative estimate of drug-likeness (QED) is 0.715. The summed E-state index contributed by atoms with van der Waals surface area (Å²) >= 11 is 3.00. The van der Waals surface area contributed by atoms with Gasteiger partial charge in [-0.05, 0) is 28.1 Å². The molecule has 0 spiro atoms. The monoisotopic (exact) mass is 257 g/mol. The molecule has 2 rings (SSSR count). The highest BCUT2D eigenvalue weighted by molar-refractivity contribution is 9.10. The van der Waals surface area contributed by atoms with Crippen molar-refractivity contribution in [3.63, 3.8) is 0 Å². The van der Waals surface area contributed by atoms with Crippen LogP contribution in [0.2, 0.25) is 0 Å². The Morgan fingerprint density at radius 3 is 2.79 bits per heavy atom. The van der Waals surface area contributed by atoms with Crippen molar-refractivity contribution in [2.75, 3.05) is 0 Å². The summed E-state index contributed by atoms with van der Waals surface area (Å²) in [6.45, 7) is 0. The average Bonchev–Trinajstić information content (AvgIpc) is 2.12. The molecule has 0 aromatic heterocycles. The van der Waals surface area contributed by atoms with Crippen LogP contribution in [0.1, 0.15) is 15.9 Å². The van der Waals surface area contributed by atoms with Crippen molar-refractivity contribution in [1.29, 1.82) is 0 Å². The molecule has 0 radical (unpaired) electrons. The summed E-state index contributed by atoms with van der Waals surface area (Å²) in [5.41, 5.74) is 0.387. The molecule has 1 aromatic carbocycles. The highest BCUT2D eigenvalue weighted by Crippen LogP contribution is 2.24. The van der Waals surface area contributed by atoms with E-state index in [4.69, 9.17) is 0 Å². The van der Waals surface area contributed by atoms with Crippen molar-refractivity contribution in [3.8, 4) is 0 Å². The van der Waals surface area contributed by atoms with E-state index in [1.165, 1.54) is 12.1 Å². The van der Waals surface area contributed by atoms with Gasteiger partial charge in [0.15, 0.2) is 0 Å². The first-order valence-corrected chi connectivity index (χ1v) is 4.70. The lowest BCUT2D eigenvalue weighted by Gasteiger charge is -2.15. The molecule has 5 heteroatoms. The van der Waals surface area contributed by atoms with E-state index in [1.54, 1.807) is 0 Å². The zero-order chi connectivity index (χ0) is 10.3. The van der Waals surface area contributed by atoms with Crippen molar-refractivity contribution < 1.29 is 14.0 Å². The van der Waals surface area contributed by atoms with E-state index >= 15 is 0 Å². The van der Waals surface area contributed by atoms with Gasteiger partial charge in [-0.1, -0.05) is 0 Å². The fourth-order valence-electron chi connectivity index (χ4n) is 1.38. The van der Waals surface area contributed by atoms with Crippen LogP contribution in [0.4, 0.5) is 4.39 Å². The first-order chi connectivity index (χ1) is 6.59. The first kappa shape index (κ1) is 9.33. The number of halogens is 2. The Balaban J connectivity index is 2.65. The van der Waals surface area contributed by atoms with Gasteiger partial charge in [-0.25, -0.2) is 4.39 Å². The van der Waals surface area contributed by atoms with Gasteiger partial charge in [-0.3, -0.25) is 14.9 Å². The van der Waals surface area contributed by atoms with Gasteiger partial charge in [-0.15, -0.1) is 0 Å². The van der Waals surface area contributed by atoms with Gasteiger partial charge < -0.3 is 0 Å². The second-order valence-electron chi connectivity index (χ2n) is 2.94. The molecule has 0 unspecified atom stereocenters. The van der Waals surface area contributed by atoms with Gasteiger partial charge in [0.05, 0.1) is 10.9 Å². The molecule has 0 fully saturated rings. The predicted octanol–water partition coefficient (Wildman–Crippen LogP) is 1.40. The van der Waals surface area contributed by atoms with E-state index in [9.17, 15) is 14.0 Å². The molecule has 0 saturated heterocycles. The van der Waals surface area contributed by atoms with Crippen LogP contribution in [-0.4, -0.2) is 11.8 Å². The van der Waals surface area contributed by atoms with E-state index in [1.807, 2.05) is 0 Å². The van der Waals surface area contributed by atoms with Crippen molar-refractivity contribution in [3.05, 3.63) is 33.5 Å². The fourth-order valence-corrected chi connectivity index (χ4v) is 1.75. The van der Waals surface area contributed by atoms with Gasteiger partial charge >= 0.3 is 0 Å². The summed E-state index contributed by atoms with van der Waals surface area (Å²) < 4.78 is 13.7. The molecule has 1 aliphatic rings. The third kappa shape index (κ3) is 1.33. The normalized spacial score (nSPS) is 15.0. The standard InChI is InChI=1S/C9H5BrFNO2/c10-6-2-1-4-5(8(6)11)3-7(13)12-9(4)14/h1-2H,3H2,(H,12,13,14). The minimum atomic E-state index is -0.539. The fraction of sp³-hybridized carbons (Fsp3) is 0.111. The van der Waals surface area contributed by atoms with Crippen molar-refractivity contribution in [2.45, 2.75) is 6.42 Å². The van der Waals surface area contributed by atoms with Crippen molar-refractivity contribution in [1.82, 2.24) is 5.32 Å². The molecule has 14 heavy (non-hydrogen) atoms. The lowest BCUT2D eigenvalue weighted by atomic mass is 9.99. The van der Waals surface area contributed by atoms with Crippen LogP contribution in [0, 0.1) is 5.82 Å². The number of carbonyl (C=O) groups is 2. The van der Waals surface area contributed by atoms with Crippen molar-refractivity contribution in [2.24, 2.45) is 0 Å². The Morgan fingerprint density at radius 2 is 2.07 bits per heavy atom. The Kier molecular flexibility index (Phi) is 2.11. The number of hydrogen-bond acceptors (Lipinski definition) is 2. The number of amides is 2. The van der Waals surface area contributed by atoms with E-state index in [0.717, 1.165) is 0 Å². The number of benzene rings is 1. The highest BCUT2D eigenvalue weighted by Gasteiger charge is 2.25. The third-order valence-electron chi connectivity index (χ3n) is 2.03. The van der Waals surface area contributed by atoms with Crippen LogP contribution in [-0.2, 0) is 11.2 Å². The summed E-state index contributed by atoms with van der Waals surface area (Å²) in [5, 5.41) is 2.12. The summed E-state index contributed by atoms with van der Waals surface area (Å²) in [6, 6.07) is 2.94. The molecular weight excluding hydrogens is 253 g/mol. The number of carbonyl (C=O) groups excluding carboxylic acids is 2. The second kappa shape index (κ2) is 3.16. The molecule has 0 atom stereocenters. The Bertz CT molecular complexity index is 445. The molecule has 0 bridgehead atoms. The number of imide groups is 1. The zero-order valence-electron chi connectivity index (χ0n) is 6.93. The van der Waals surface area contributed by atoms with Crippen molar-refractivity contribution >= 4 is 27.7 Å². The SMILES string of the molecule is O=C1Cc2c(ccc(Br)c2F)C(=O)N1. The minimum Gasteiger partial charge on any atom is -0.292 e. The molecule has 1 heterocycles. The molecule has 72 valence electrons. The molecule has 3 nitrogen and oxygen atoms in total. The van der Waals surface area contributed by atoms with Crippen LogP contribution < -0.4 is 5.32 Å². The molecule has 1 aliphatic heterocycles. The maximum atomic E-state index is 13.5. The number of hydrogen-bond donors (Lipinski definition) is 1. The second-order valence-corrected chi connectivity index (χ2v) is 3.80. The van der Waals surface area contributed by atoms with Gasteiger partial charge in [0, 0.05) is 11.1 Å². The van der Waals surface area contributed by atoms with E-state index in [2.05, 4.69) is 21.2 Å². The van der Waals surface area contributed by atoms with Gasteiger partial charge in [0.2, 0.25) is 5.91 Å². The van der Waals surface area contributed by atoms with E-state index in [0.29, 0.717) is 0 Å². The number of nitrogens with one attached hydrogen (secondary N) is 1. The smallest absolute Gasteiger partial charge is 0.258 e. The Labute approximate surface area is 87.4 Å². The molecule has 2 amide bonds. The van der Waals surface area contributed by atoms with Gasteiger partial charge in [-0.2, -0.15) is 0 Å². The van der Waals surface area contributed by atoms with Gasteiger partial charge in [0.25, 0.3) is 5.91 Å². The molecule has 0 aliphatic carbocycles. The topological polar surface area (TPSA) is 46.2 Å². The van der Waals surface area contributed by atoms with Crippen LogP contribution >= 0.6 is 15.9 Å². The Morgan fingerprint density at radius 1 is 1.36 bits per heavy atom. The minimum absolute atomic E-state index is 0.0909. The molecule has 1 N–H and O–H groups in total. The van der Waals surface area contributed by atoms with Crippen LogP contribution in [0.25, 0.3) is 0 Å². The zero-order valence-corrected chi connectivity index (χ0v) is 8.52. The molecule has 0 saturated carbocycles. The van der Waals surface area contributed by atoms with Crippen LogP contribution in [0.3, 0.4) is 0 Å². The maximum Gasteiger partial charge on any atom is 0.258 e. The Hall–Kier alpha value is -1.23. The summed E-state index contributed by atoms with van der Waals surface area (Å²) in [5.74, 6) is -1.55. The molecule has 1 aromatic rings. The van der Waals surface area contributed by atoms with Gasteiger partial charge in [0.1, 0.15) is 5.82 Å².